The molecule has 1 saturated carbocycles. The minimum absolute atomic E-state index is 0.174. The van der Waals surface area contributed by atoms with Crippen LogP contribution in [0.2, 0.25) is 0 Å². The number of benzene rings is 3. The summed E-state index contributed by atoms with van der Waals surface area (Å²) in [4.78, 5) is 0. The number of hydrogen-bond donors (Lipinski definition) is 0. The van der Waals surface area contributed by atoms with Gasteiger partial charge in [-0.1, -0.05) is 63.1 Å². The monoisotopic (exact) mass is 472 g/mol. The normalized spacial score (nSPS) is 15.9. The second-order valence-electron chi connectivity index (χ2n) is 11.5. The minimum Gasteiger partial charge on any atom is -0.455 e. The van der Waals surface area contributed by atoms with Gasteiger partial charge in [-0.15, -0.1) is 0 Å². The van der Waals surface area contributed by atoms with Gasteiger partial charge in [0, 0.05) is 27.8 Å². The van der Waals surface area contributed by atoms with Crippen LogP contribution >= 0.6 is 0 Å². The fraction of sp³-hybridized carbons (Fsp3) is 0.324. The Bertz CT molecular complexity index is 1690. The zero-order valence-electron chi connectivity index (χ0n) is 22.0. The van der Waals surface area contributed by atoms with E-state index < -0.39 is 0 Å². The van der Waals surface area contributed by atoms with Crippen LogP contribution in [-0.4, -0.2) is 0 Å². The van der Waals surface area contributed by atoms with Crippen molar-refractivity contribution in [3.63, 3.8) is 0 Å². The van der Waals surface area contributed by atoms with Gasteiger partial charge in [0.2, 0.25) is 5.69 Å². The molecule has 2 heteroatoms. The molecule has 3 aromatic carbocycles. The number of furan rings is 1. The number of hydrogen-bond acceptors (Lipinski definition) is 1. The van der Waals surface area contributed by atoms with Crippen molar-refractivity contribution in [3.8, 4) is 22.4 Å². The van der Waals surface area contributed by atoms with Crippen molar-refractivity contribution in [2.24, 2.45) is 7.05 Å². The average Bonchev–Trinajstić information content (AvgIpc) is 3.56. The smallest absolute Gasteiger partial charge is 0.216 e. The third kappa shape index (κ3) is 2.82. The van der Waals surface area contributed by atoms with Crippen molar-refractivity contribution < 1.29 is 8.98 Å². The summed E-state index contributed by atoms with van der Waals surface area (Å²) in [7, 11) is 2.16. The molecule has 1 fully saturated rings. The number of fused-ring (bicyclic) bond motifs is 8. The highest BCUT2D eigenvalue weighted by atomic mass is 16.3. The largest absolute Gasteiger partial charge is 0.455 e. The van der Waals surface area contributed by atoms with E-state index in [1.807, 2.05) is 0 Å². The van der Waals surface area contributed by atoms with Gasteiger partial charge in [-0.05, 0) is 78.1 Å². The van der Waals surface area contributed by atoms with Gasteiger partial charge in [0.1, 0.15) is 18.2 Å². The van der Waals surface area contributed by atoms with E-state index in [0.29, 0.717) is 5.92 Å². The molecule has 2 aromatic heterocycles. The van der Waals surface area contributed by atoms with Gasteiger partial charge in [-0.2, -0.15) is 0 Å². The Kier molecular flexibility index (Phi) is 4.59. The van der Waals surface area contributed by atoms with Crippen LogP contribution in [0.3, 0.4) is 0 Å². The van der Waals surface area contributed by atoms with Crippen molar-refractivity contribution >= 4 is 21.9 Å². The summed E-state index contributed by atoms with van der Waals surface area (Å²) in [6, 6.07) is 20.8. The second-order valence-corrected chi connectivity index (χ2v) is 11.5. The molecule has 5 aromatic rings. The van der Waals surface area contributed by atoms with Gasteiger partial charge in [0.15, 0.2) is 6.20 Å². The molecular formula is C34H34NO+. The van der Waals surface area contributed by atoms with Gasteiger partial charge in [0.05, 0.1) is 5.56 Å². The Morgan fingerprint density at radius 2 is 1.61 bits per heavy atom. The highest BCUT2D eigenvalue weighted by molar-refractivity contribution is 6.11. The maximum absolute atomic E-state index is 6.77. The van der Waals surface area contributed by atoms with Gasteiger partial charge < -0.3 is 4.42 Å². The zero-order valence-corrected chi connectivity index (χ0v) is 22.0. The lowest BCUT2D eigenvalue weighted by atomic mass is 9.76. The molecule has 0 aliphatic heterocycles. The number of pyridine rings is 1. The molecular weight excluding hydrogens is 438 g/mol. The van der Waals surface area contributed by atoms with Gasteiger partial charge in [0.25, 0.3) is 0 Å². The molecule has 2 aliphatic rings. The van der Waals surface area contributed by atoms with Crippen LogP contribution in [0.15, 0.2) is 65.2 Å². The maximum atomic E-state index is 6.77. The highest BCUT2D eigenvalue weighted by Gasteiger charge is 2.45. The summed E-state index contributed by atoms with van der Waals surface area (Å²) >= 11 is 0. The fourth-order valence-corrected chi connectivity index (χ4v) is 7.34. The van der Waals surface area contributed by atoms with Crippen LogP contribution in [-0.2, 0) is 12.5 Å². The number of rotatable bonds is 2. The van der Waals surface area contributed by atoms with E-state index in [0.717, 1.165) is 11.2 Å². The molecule has 0 bridgehead atoms. The molecule has 0 saturated heterocycles. The Labute approximate surface area is 213 Å². The Hall–Kier alpha value is -3.39. The van der Waals surface area contributed by atoms with E-state index in [4.69, 9.17) is 4.42 Å². The van der Waals surface area contributed by atoms with Crippen LogP contribution in [0.1, 0.15) is 73.3 Å². The molecule has 2 nitrogen and oxygen atoms in total. The highest BCUT2D eigenvalue weighted by Crippen LogP contribution is 2.58. The number of aromatic nitrogens is 1. The fourth-order valence-electron chi connectivity index (χ4n) is 7.34. The first-order chi connectivity index (χ1) is 17.4. The zero-order chi connectivity index (χ0) is 24.8. The van der Waals surface area contributed by atoms with Crippen molar-refractivity contribution in [1.82, 2.24) is 0 Å². The van der Waals surface area contributed by atoms with Crippen LogP contribution < -0.4 is 4.57 Å². The van der Waals surface area contributed by atoms with Crippen molar-refractivity contribution in [2.75, 3.05) is 0 Å². The third-order valence-corrected chi connectivity index (χ3v) is 9.09. The lowest BCUT2D eigenvalue weighted by molar-refractivity contribution is -0.660. The lowest BCUT2D eigenvalue weighted by Crippen LogP contribution is -2.32. The van der Waals surface area contributed by atoms with E-state index in [2.05, 4.69) is 100 Å². The van der Waals surface area contributed by atoms with Crippen LogP contribution in [0.4, 0.5) is 0 Å². The lowest BCUT2D eigenvalue weighted by Gasteiger charge is -2.26. The summed E-state index contributed by atoms with van der Waals surface area (Å²) in [5, 5.41) is 2.48. The standard InChI is InChI=1S/C34H34NO/c1-20(2)27-19-35(5)30(16-22(27)4)32-21(3)12-13-24-26-17-29-25(18-31(26)36-33(24)32)23-10-6-7-11-28(23)34(29)14-8-9-15-34/h6-7,10-13,16-20H,8-9,14-15H2,1-5H3/q+1. The molecule has 1 spiro atoms. The summed E-state index contributed by atoms with van der Waals surface area (Å²) in [5.41, 5.74) is 14.4. The molecule has 2 heterocycles. The summed E-state index contributed by atoms with van der Waals surface area (Å²) in [5.74, 6) is 0.501. The predicted molar refractivity (Wildman–Crippen MR) is 149 cm³/mol. The Morgan fingerprint density at radius 1 is 0.833 bits per heavy atom. The molecule has 7 rings (SSSR count). The van der Waals surface area contributed by atoms with E-state index >= 15 is 0 Å². The van der Waals surface area contributed by atoms with E-state index in [9.17, 15) is 0 Å². The first-order valence-corrected chi connectivity index (χ1v) is 13.5. The van der Waals surface area contributed by atoms with Gasteiger partial charge in [-0.3, -0.25) is 0 Å². The molecule has 0 N–H and O–H groups in total. The van der Waals surface area contributed by atoms with Gasteiger partial charge in [-0.25, -0.2) is 4.57 Å². The summed E-state index contributed by atoms with van der Waals surface area (Å²) in [6.07, 6.45) is 7.42. The van der Waals surface area contributed by atoms with E-state index in [1.165, 1.54) is 86.7 Å². The SMILES string of the molecule is Cc1cc(-c2c(C)ccc3c2oc2cc4c(cc23)C2(CCCC2)c2ccccc2-4)[n+](C)cc1C(C)C. The predicted octanol–water partition coefficient (Wildman–Crippen LogP) is 8.66. The minimum atomic E-state index is 0.174. The van der Waals surface area contributed by atoms with E-state index in [-0.39, 0.29) is 5.41 Å². The number of aryl methyl sites for hydroxylation is 3. The molecule has 2 aliphatic carbocycles. The Morgan fingerprint density at radius 3 is 2.39 bits per heavy atom. The van der Waals surface area contributed by atoms with E-state index in [1.54, 1.807) is 0 Å². The summed E-state index contributed by atoms with van der Waals surface area (Å²) in [6.45, 7) is 8.97. The van der Waals surface area contributed by atoms with Crippen molar-refractivity contribution in [3.05, 3.63) is 88.6 Å². The van der Waals surface area contributed by atoms with Gasteiger partial charge >= 0.3 is 0 Å². The topological polar surface area (TPSA) is 17.0 Å². The molecule has 36 heavy (non-hydrogen) atoms. The van der Waals surface area contributed by atoms with Crippen LogP contribution in [0.5, 0.6) is 0 Å². The average molecular weight is 473 g/mol. The molecule has 180 valence electrons. The second kappa shape index (κ2) is 7.56. The first-order valence-electron chi connectivity index (χ1n) is 13.5. The maximum Gasteiger partial charge on any atom is 0.216 e. The summed E-state index contributed by atoms with van der Waals surface area (Å²) < 4.78 is 9.05. The van der Waals surface area contributed by atoms with Crippen LogP contribution in [0, 0.1) is 13.8 Å². The molecule has 0 unspecified atom stereocenters. The molecule has 0 radical (unpaired) electrons. The van der Waals surface area contributed by atoms with Crippen LogP contribution in [0.25, 0.3) is 44.3 Å². The number of nitrogens with zero attached hydrogens (tertiary/aromatic N) is 1. The first kappa shape index (κ1) is 21.9. The quantitative estimate of drug-likeness (QED) is 0.235. The Balaban J connectivity index is 1.51. The third-order valence-electron chi connectivity index (χ3n) is 9.09. The van der Waals surface area contributed by atoms with Crippen molar-refractivity contribution in [1.29, 1.82) is 0 Å². The molecule has 0 amide bonds. The van der Waals surface area contributed by atoms with Crippen molar-refractivity contribution in [2.45, 2.75) is 64.7 Å². The molecule has 0 atom stereocenters.